The molecule has 0 bridgehead atoms. The Morgan fingerprint density at radius 3 is 2.46 bits per heavy atom. The van der Waals surface area contributed by atoms with E-state index < -0.39 is 10.0 Å². The lowest BCUT2D eigenvalue weighted by Crippen LogP contribution is -2.15. The van der Waals surface area contributed by atoms with Gasteiger partial charge in [-0.1, -0.05) is 6.92 Å². The zero-order chi connectivity index (χ0) is 17.7. The maximum Gasteiger partial charge on any atom is 0.265 e. The van der Waals surface area contributed by atoms with Gasteiger partial charge in [0.05, 0.1) is 19.0 Å². The summed E-state index contributed by atoms with van der Waals surface area (Å²) < 4.78 is 33.1. The van der Waals surface area contributed by atoms with Gasteiger partial charge in [0.2, 0.25) is 0 Å². The summed E-state index contributed by atoms with van der Waals surface area (Å²) in [6.07, 6.45) is 2.48. The van der Waals surface area contributed by atoms with Crippen molar-refractivity contribution < 1.29 is 13.2 Å². The van der Waals surface area contributed by atoms with Gasteiger partial charge < -0.3 is 10.1 Å². The smallest absolute Gasteiger partial charge is 0.265 e. The van der Waals surface area contributed by atoms with Gasteiger partial charge in [-0.05, 0) is 55.7 Å². The van der Waals surface area contributed by atoms with Crippen molar-refractivity contribution in [1.82, 2.24) is 4.98 Å². The molecule has 0 aliphatic heterocycles. The summed E-state index contributed by atoms with van der Waals surface area (Å²) in [6.45, 7) is 6.65. The quantitative estimate of drug-likeness (QED) is 0.801. The number of nitrogens with one attached hydrogen (secondary N) is 2. The van der Waals surface area contributed by atoms with E-state index >= 15 is 0 Å². The van der Waals surface area contributed by atoms with Crippen LogP contribution in [-0.2, 0) is 10.0 Å². The summed E-state index contributed by atoms with van der Waals surface area (Å²) in [4.78, 5) is 4.31. The van der Waals surface area contributed by atoms with Crippen molar-refractivity contribution in [3.8, 4) is 5.75 Å². The Balaban J connectivity index is 2.27. The minimum atomic E-state index is -3.76. The van der Waals surface area contributed by atoms with E-state index in [1.165, 1.54) is 13.3 Å². The minimum Gasteiger partial charge on any atom is -0.495 e. The Kier molecular flexibility index (Phi) is 5.66. The molecule has 130 valence electrons. The van der Waals surface area contributed by atoms with E-state index in [0.717, 1.165) is 24.1 Å². The molecule has 1 heterocycles. The standard InChI is InChI=1S/C17H23N3O3S/c1-5-8-18-17-7-6-14(11-19-17)20-24(21,22)16-10-13(3)12(2)9-15(16)23-4/h6-7,9-11,20H,5,8H2,1-4H3,(H,18,19). The molecule has 2 rings (SSSR count). The number of aromatic nitrogens is 1. The number of ether oxygens (including phenoxy) is 1. The van der Waals surface area contributed by atoms with Crippen LogP contribution in [0.3, 0.4) is 0 Å². The number of anilines is 2. The molecule has 2 N–H and O–H groups in total. The summed E-state index contributed by atoms with van der Waals surface area (Å²) in [6, 6.07) is 6.75. The molecule has 0 fully saturated rings. The number of nitrogens with zero attached hydrogens (tertiary/aromatic N) is 1. The second-order valence-corrected chi connectivity index (χ2v) is 7.20. The van der Waals surface area contributed by atoms with Gasteiger partial charge in [0.15, 0.2) is 0 Å². The molecule has 0 spiro atoms. The highest BCUT2D eigenvalue weighted by atomic mass is 32.2. The van der Waals surface area contributed by atoms with E-state index in [0.29, 0.717) is 17.3 Å². The molecule has 6 nitrogen and oxygen atoms in total. The monoisotopic (exact) mass is 349 g/mol. The van der Waals surface area contributed by atoms with Gasteiger partial charge in [-0.2, -0.15) is 0 Å². The van der Waals surface area contributed by atoms with Gasteiger partial charge >= 0.3 is 0 Å². The van der Waals surface area contributed by atoms with Crippen LogP contribution in [0.5, 0.6) is 5.75 Å². The number of aryl methyl sites for hydroxylation is 2. The van der Waals surface area contributed by atoms with Crippen LogP contribution in [0.2, 0.25) is 0 Å². The van der Waals surface area contributed by atoms with Crippen LogP contribution in [0.4, 0.5) is 11.5 Å². The summed E-state index contributed by atoms with van der Waals surface area (Å²) in [5, 5.41) is 3.14. The maximum atomic E-state index is 12.7. The molecule has 0 unspecified atom stereocenters. The number of pyridine rings is 1. The van der Waals surface area contributed by atoms with E-state index in [1.54, 1.807) is 24.3 Å². The van der Waals surface area contributed by atoms with E-state index in [1.807, 2.05) is 13.8 Å². The van der Waals surface area contributed by atoms with Crippen LogP contribution < -0.4 is 14.8 Å². The van der Waals surface area contributed by atoms with Crippen molar-refractivity contribution in [2.24, 2.45) is 0 Å². The van der Waals surface area contributed by atoms with Crippen molar-refractivity contribution in [3.05, 3.63) is 41.6 Å². The third-order valence-corrected chi connectivity index (χ3v) is 5.04. The molecule has 0 saturated heterocycles. The molecule has 0 saturated carbocycles. The normalized spacial score (nSPS) is 11.2. The van der Waals surface area contributed by atoms with Gasteiger partial charge in [-0.15, -0.1) is 0 Å². The molecule has 2 aromatic rings. The zero-order valence-electron chi connectivity index (χ0n) is 14.4. The average molecular weight is 349 g/mol. The van der Waals surface area contributed by atoms with Gasteiger partial charge in [0, 0.05) is 6.54 Å². The molecule has 0 radical (unpaired) electrons. The first kappa shape index (κ1) is 18.1. The SMILES string of the molecule is CCCNc1ccc(NS(=O)(=O)c2cc(C)c(C)cc2OC)cn1. The molecular formula is C17H23N3O3S. The average Bonchev–Trinajstić information content (AvgIpc) is 2.56. The molecule has 0 aliphatic rings. The van der Waals surface area contributed by atoms with Crippen molar-refractivity contribution in [1.29, 1.82) is 0 Å². The number of sulfonamides is 1. The van der Waals surface area contributed by atoms with Crippen LogP contribution in [0.25, 0.3) is 0 Å². The largest absolute Gasteiger partial charge is 0.495 e. The Labute approximate surface area is 143 Å². The fourth-order valence-corrected chi connectivity index (χ4v) is 3.43. The van der Waals surface area contributed by atoms with Gasteiger partial charge in [0.1, 0.15) is 16.5 Å². The Bertz CT molecular complexity index is 803. The third-order valence-electron chi connectivity index (χ3n) is 3.64. The number of methoxy groups -OCH3 is 1. The predicted octanol–water partition coefficient (Wildman–Crippen LogP) is 3.33. The maximum absolute atomic E-state index is 12.7. The number of hydrogen-bond donors (Lipinski definition) is 2. The van der Waals surface area contributed by atoms with Crippen molar-refractivity contribution in [2.75, 3.05) is 23.7 Å². The zero-order valence-corrected chi connectivity index (χ0v) is 15.2. The first-order valence-electron chi connectivity index (χ1n) is 7.75. The summed E-state index contributed by atoms with van der Waals surface area (Å²) in [5.41, 5.74) is 2.25. The fourth-order valence-electron chi connectivity index (χ4n) is 2.15. The third kappa shape index (κ3) is 4.17. The van der Waals surface area contributed by atoms with Crippen molar-refractivity contribution in [2.45, 2.75) is 32.1 Å². The minimum absolute atomic E-state index is 0.112. The van der Waals surface area contributed by atoms with Gasteiger partial charge in [0.25, 0.3) is 10.0 Å². The molecule has 7 heteroatoms. The Morgan fingerprint density at radius 1 is 1.17 bits per heavy atom. The van der Waals surface area contributed by atoms with Crippen LogP contribution >= 0.6 is 0 Å². The predicted molar refractivity (Wildman–Crippen MR) is 96.3 cm³/mol. The first-order valence-corrected chi connectivity index (χ1v) is 9.23. The summed E-state index contributed by atoms with van der Waals surface area (Å²) in [7, 11) is -2.30. The number of benzene rings is 1. The van der Waals surface area contributed by atoms with Crippen LogP contribution in [0.15, 0.2) is 35.4 Å². The molecular weight excluding hydrogens is 326 g/mol. The van der Waals surface area contributed by atoms with E-state index in [4.69, 9.17) is 4.74 Å². The number of hydrogen-bond acceptors (Lipinski definition) is 5. The van der Waals surface area contributed by atoms with E-state index in [2.05, 4.69) is 21.9 Å². The molecule has 24 heavy (non-hydrogen) atoms. The van der Waals surface area contributed by atoms with Crippen LogP contribution in [0.1, 0.15) is 24.5 Å². The molecule has 1 aromatic carbocycles. The lowest BCUT2D eigenvalue weighted by Gasteiger charge is -2.14. The molecule has 0 aliphatic carbocycles. The molecule has 0 amide bonds. The van der Waals surface area contributed by atoms with Crippen molar-refractivity contribution >= 4 is 21.5 Å². The summed E-state index contributed by atoms with van der Waals surface area (Å²) in [5.74, 6) is 1.03. The van der Waals surface area contributed by atoms with Gasteiger partial charge in [-0.3, -0.25) is 4.72 Å². The summed E-state index contributed by atoms with van der Waals surface area (Å²) >= 11 is 0. The van der Waals surface area contributed by atoms with Gasteiger partial charge in [-0.25, -0.2) is 13.4 Å². The second kappa shape index (κ2) is 7.53. The fraction of sp³-hybridized carbons (Fsp3) is 0.353. The molecule has 0 atom stereocenters. The van der Waals surface area contributed by atoms with E-state index in [-0.39, 0.29) is 4.90 Å². The highest BCUT2D eigenvalue weighted by Crippen LogP contribution is 2.28. The molecule has 1 aromatic heterocycles. The Morgan fingerprint density at radius 2 is 1.88 bits per heavy atom. The second-order valence-electron chi connectivity index (χ2n) is 5.55. The topological polar surface area (TPSA) is 80.3 Å². The lowest BCUT2D eigenvalue weighted by molar-refractivity contribution is 0.402. The Hall–Kier alpha value is -2.28. The van der Waals surface area contributed by atoms with E-state index in [9.17, 15) is 8.42 Å². The lowest BCUT2D eigenvalue weighted by atomic mass is 10.1. The highest BCUT2D eigenvalue weighted by Gasteiger charge is 2.21. The highest BCUT2D eigenvalue weighted by molar-refractivity contribution is 7.92. The number of rotatable bonds is 7. The first-order chi connectivity index (χ1) is 11.4. The van der Waals surface area contributed by atoms with Crippen LogP contribution in [0, 0.1) is 13.8 Å². The van der Waals surface area contributed by atoms with Crippen LogP contribution in [-0.4, -0.2) is 27.1 Å². The van der Waals surface area contributed by atoms with Crippen molar-refractivity contribution in [3.63, 3.8) is 0 Å².